The molecule has 3 rings (SSSR count). The van der Waals surface area contributed by atoms with E-state index in [1.165, 1.54) is 0 Å². The SMILES string of the molecule is C#CN(C(=O)C(Cc1ccccc1)NC(=O)OC(C)(C)C)C(C(=O)Nc1c(C)cccc1Cl)c1c(C)cccc1C. The quantitative estimate of drug-likeness (QED) is 0.238. The predicted molar refractivity (Wildman–Crippen MR) is 162 cm³/mol. The third-order valence-corrected chi connectivity index (χ3v) is 6.76. The second kappa shape index (κ2) is 13.4. The number of alkyl carbamates (subject to hydrolysis) is 1. The smallest absolute Gasteiger partial charge is 0.408 e. The zero-order valence-electron chi connectivity index (χ0n) is 24.2. The summed E-state index contributed by atoms with van der Waals surface area (Å²) < 4.78 is 5.44. The monoisotopic (exact) mass is 573 g/mol. The molecular formula is C33H36ClN3O4. The van der Waals surface area contributed by atoms with Crippen LogP contribution in [0.1, 0.15) is 54.6 Å². The molecule has 2 N–H and O–H groups in total. The third kappa shape index (κ3) is 8.12. The van der Waals surface area contributed by atoms with E-state index in [1.54, 1.807) is 32.9 Å². The van der Waals surface area contributed by atoms with E-state index >= 15 is 0 Å². The second-order valence-corrected chi connectivity index (χ2v) is 11.3. The summed E-state index contributed by atoms with van der Waals surface area (Å²) in [5.74, 6) is -1.18. The molecule has 0 bridgehead atoms. The summed E-state index contributed by atoms with van der Waals surface area (Å²) in [6.07, 6.45) is 5.32. The number of para-hydroxylation sites is 1. The number of rotatable bonds is 8. The summed E-state index contributed by atoms with van der Waals surface area (Å²) in [6.45, 7) is 10.7. The maximum Gasteiger partial charge on any atom is 0.408 e. The van der Waals surface area contributed by atoms with Gasteiger partial charge < -0.3 is 15.4 Å². The molecule has 3 amide bonds. The lowest BCUT2D eigenvalue weighted by Crippen LogP contribution is -2.52. The molecule has 0 saturated heterocycles. The number of nitrogens with one attached hydrogen (secondary N) is 2. The van der Waals surface area contributed by atoms with Gasteiger partial charge in [-0.1, -0.05) is 78.7 Å². The van der Waals surface area contributed by atoms with Crippen LogP contribution in [0.5, 0.6) is 0 Å². The first-order valence-electron chi connectivity index (χ1n) is 13.3. The van der Waals surface area contributed by atoms with Crippen molar-refractivity contribution in [2.75, 3.05) is 5.32 Å². The Kier molecular flexibility index (Phi) is 10.2. The molecule has 0 heterocycles. The van der Waals surface area contributed by atoms with Crippen molar-refractivity contribution in [2.45, 2.75) is 65.6 Å². The Morgan fingerprint density at radius 1 is 0.927 bits per heavy atom. The maximum absolute atomic E-state index is 14.2. The normalized spacial score (nSPS) is 12.4. The van der Waals surface area contributed by atoms with Gasteiger partial charge in [0, 0.05) is 12.5 Å². The Morgan fingerprint density at radius 2 is 1.51 bits per heavy atom. The first-order chi connectivity index (χ1) is 19.3. The highest BCUT2D eigenvalue weighted by Gasteiger charge is 2.37. The summed E-state index contributed by atoms with van der Waals surface area (Å²) >= 11 is 6.42. The van der Waals surface area contributed by atoms with Crippen LogP contribution in [0.2, 0.25) is 5.02 Å². The molecule has 3 aromatic carbocycles. The van der Waals surface area contributed by atoms with E-state index in [9.17, 15) is 14.4 Å². The Labute approximate surface area is 247 Å². The van der Waals surface area contributed by atoms with Crippen molar-refractivity contribution in [2.24, 2.45) is 0 Å². The van der Waals surface area contributed by atoms with E-state index in [1.807, 2.05) is 75.4 Å². The first kappa shape index (κ1) is 31.3. The molecule has 0 fully saturated rings. The van der Waals surface area contributed by atoms with E-state index in [0.29, 0.717) is 16.3 Å². The van der Waals surface area contributed by atoms with Gasteiger partial charge in [0.15, 0.2) is 0 Å². The molecule has 214 valence electrons. The van der Waals surface area contributed by atoms with E-state index < -0.39 is 35.6 Å². The van der Waals surface area contributed by atoms with Gasteiger partial charge in [-0.2, -0.15) is 0 Å². The third-order valence-electron chi connectivity index (χ3n) is 6.44. The van der Waals surface area contributed by atoms with Crippen LogP contribution < -0.4 is 10.6 Å². The van der Waals surface area contributed by atoms with Gasteiger partial charge in [0.05, 0.1) is 10.7 Å². The van der Waals surface area contributed by atoms with Crippen molar-refractivity contribution in [3.8, 4) is 12.5 Å². The first-order valence-corrected chi connectivity index (χ1v) is 13.6. The number of hydrogen-bond donors (Lipinski definition) is 2. The van der Waals surface area contributed by atoms with Crippen LogP contribution in [0.3, 0.4) is 0 Å². The zero-order valence-corrected chi connectivity index (χ0v) is 25.0. The fraction of sp³-hybridized carbons (Fsp3) is 0.303. The molecule has 8 heteroatoms. The predicted octanol–water partition coefficient (Wildman–Crippen LogP) is 6.50. The molecule has 3 aromatic rings. The number of halogens is 1. The fourth-order valence-electron chi connectivity index (χ4n) is 4.55. The van der Waals surface area contributed by atoms with Crippen molar-refractivity contribution < 1.29 is 19.1 Å². The lowest BCUT2D eigenvalue weighted by molar-refractivity contribution is -0.136. The highest BCUT2D eigenvalue weighted by Crippen LogP contribution is 2.32. The molecule has 0 aliphatic heterocycles. The molecule has 0 saturated carbocycles. The number of terminal acetylenes is 1. The van der Waals surface area contributed by atoms with Crippen LogP contribution in [0, 0.1) is 33.2 Å². The van der Waals surface area contributed by atoms with Crippen molar-refractivity contribution in [1.82, 2.24) is 10.2 Å². The van der Waals surface area contributed by atoms with Gasteiger partial charge in [-0.05, 0) is 75.4 Å². The zero-order chi connectivity index (χ0) is 30.3. The molecule has 0 aliphatic carbocycles. The van der Waals surface area contributed by atoms with E-state index in [4.69, 9.17) is 22.8 Å². The summed E-state index contributed by atoms with van der Waals surface area (Å²) in [5.41, 5.74) is 3.30. The van der Waals surface area contributed by atoms with Crippen LogP contribution in [0.15, 0.2) is 66.7 Å². The minimum absolute atomic E-state index is 0.127. The average Bonchev–Trinajstić information content (AvgIpc) is 2.89. The molecular weight excluding hydrogens is 538 g/mol. The van der Waals surface area contributed by atoms with Crippen molar-refractivity contribution in [3.63, 3.8) is 0 Å². The van der Waals surface area contributed by atoms with E-state index in [2.05, 4.69) is 16.7 Å². The summed E-state index contributed by atoms with van der Waals surface area (Å²) in [6, 6.07) is 20.1. The van der Waals surface area contributed by atoms with E-state index in [-0.39, 0.29) is 6.42 Å². The number of amides is 3. The van der Waals surface area contributed by atoms with Crippen LogP contribution in [-0.4, -0.2) is 34.5 Å². The van der Waals surface area contributed by atoms with Gasteiger partial charge in [-0.15, -0.1) is 0 Å². The van der Waals surface area contributed by atoms with Crippen molar-refractivity contribution >= 4 is 35.2 Å². The highest BCUT2D eigenvalue weighted by molar-refractivity contribution is 6.34. The molecule has 0 aromatic heterocycles. The van der Waals surface area contributed by atoms with Gasteiger partial charge in [-0.25, -0.2) is 4.79 Å². The van der Waals surface area contributed by atoms with Gasteiger partial charge >= 0.3 is 6.09 Å². The summed E-state index contributed by atoms with van der Waals surface area (Å²) in [4.78, 5) is 42.1. The molecule has 7 nitrogen and oxygen atoms in total. The van der Waals surface area contributed by atoms with Gasteiger partial charge in [-0.3, -0.25) is 14.5 Å². The molecule has 2 atom stereocenters. The number of nitrogens with zero attached hydrogens (tertiary/aromatic N) is 1. The molecule has 0 aliphatic rings. The lowest BCUT2D eigenvalue weighted by atomic mass is 9.93. The highest BCUT2D eigenvalue weighted by atomic mass is 35.5. The Bertz CT molecular complexity index is 1420. The van der Waals surface area contributed by atoms with Gasteiger partial charge in [0.25, 0.3) is 11.8 Å². The maximum atomic E-state index is 14.2. The largest absolute Gasteiger partial charge is 0.444 e. The number of anilines is 1. The molecule has 0 spiro atoms. The molecule has 0 radical (unpaired) electrons. The minimum atomic E-state index is -1.22. The van der Waals surface area contributed by atoms with Crippen LogP contribution in [0.25, 0.3) is 0 Å². The number of ether oxygens (including phenoxy) is 1. The van der Waals surface area contributed by atoms with E-state index in [0.717, 1.165) is 27.2 Å². The number of hydrogen-bond acceptors (Lipinski definition) is 4. The van der Waals surface area contributed by atoms with Crippen molar-refractivity contribution in [3.05, 3.63) is 99.6 Å². The molecule has 41 heavy (non-hydrogen) atoms. The lowest BCUT2D eigenvalue weighted by Gasteiger charge is -2.32. The Morgan fingerprint density at radius 3 is 2.07 bits per heavy atom. The topological polar surface area (TPSA) is 87.7 Å². The number of benzene rings is 3. The number of aryl methyl sites for hydroxylation is 3. The van der Waals surface area contributed by atoms with Gasteiger partial charge in [0.1, 0.15) is 17.7 Å². The summed E-state index contributed by atoms with van der Waals surface area (Å²) in [7, 11) is 0. The average molecular weight is 574 g/mol. The van der Waals surface area contributed by atoms with Crippen LogP contribution in [-0.2, 0) is 20.7 Å². The number of carbonyl (C=O) groups excluding carboxylic acids is 3. The molecule has 2 unspecified atom stereocenters. The Balaban J connectivity index is 2.09. The van der Waals surface area contributed by atoms with Crippen LogP contribution >= 0.6 is 11.6 Å². The second-order valence-electron chi connectivity index (χ2n) is 10.9. The standard InChI is InChI=1S/C33H36ClN3O4/c1-8-37(31(39)26(20-24-17-10-9-11-18-24)35-32(40)41-33(5,6)7)29(27-21(2)14-12-15-22(27)3)30(38)36-28-23(4)16-13-19-25(28)34/h1,9-19,26,29H,20H2,2-7H3,(H,35,40)(H,36,38). The minimum Gasteiger partial charge on any atom is -0.444 e. The Hall–Kier alpha value is -4.28. The van der Waals surface area contributed by atoms with Crippen molar-refractivity contribution in [1.29, 1.82) is 0 Å². The van der Waals surface area contributed by atoms with Crippen LogP contribution in [0.4, 0.5) is 10.5 Å². The van der Waals surface area contributed by atoms with Gasteiger partial charge in [0.2, 0.25) is 0 Å². The number of carbonyl (C=O) groups is 3. The fourth-order valence-corrected chi connectivity index (χ4v) is 4.82. The summed E-state index contributed by atoms with van der Waals surface area (Å²) in [5, 5.41) is 5.92.